The summed E-state index contributed by atoms with van der Waals surface area (Å²) in [5.41, 5.74) is 3.27. The predicted molar refractivity (Wildman–Crippen MR) is 145 cm³/mol. The zero-order valence-corrected chi connectivity index (χ0v) is 23.9. The molecule has 3 rings (SSSR count). The lowest BCUT2D eigenvalue weighted by Crippen LogP contribution is -2.33. The summed E-state index contributed by atoms with van der Waals surface area (Å²) < 4.78 is 2.80. The molecule has 2 amide bonds. The van der Waals surface area contributed by atoms with Crippen LogP contribution in [-0.4, -0.2) is 32.3 Å². The van der Waals surface area contributed by atoms with Gasteiger partial charge in [-0.1, -0.05) is 64.7 Å². The van der Waals surface area contributed by atoms with Gasteiger partial charge in [-0.2, -0.15) is 0 Å². The molecule has 0 aliphatic carbocycles. The van der Waals surface area contributed by atoms with Crippen molar-refractivity contribution in [3.63, 3.8) is 0 Å². The average molecular weight is 599 g/mol. The van der Waals surface area contributed by atoms with E-state index in [1.54, 1.807) is 16.7 Å². The first kappa shape index (κ1) is 27.5. The van der Waals surface area contributed by atoms with Gasteiger partial charge in [0.05, 0.1) is 21.8 Å². The van der Waals surface area contributed by atoms with Crippen molar-refractivity contribution >= 4 is 68.4 Å². The van der Waals surface area contributed by atoms with Gasteiger partial charge in [-0.3, -0.25) is 9.59 Å². The molecule has 0 bridgehead atoms. The minimum Gasteiger partial charge on any atom is -0.342 e. The fourth-order valence-electron chi connectivity index (χ4n) is 3.35. The Morgan fingerprint density at radius 3 is 2.46 bits per heavy atom. The van der Waals surface area contributed by atoms with E-state index in [0.29, 0.717) is 26.6 Å². The molecule has 2 N–H and O–H groups in total. The normalized spacial score (nSPS) is 12.0. The molecule has 0 aliphatic rings. The summed E-state index contributed by atoms with van der Waals surface area (Å²) in [6.45, 7) is 7.93. The van der Waals surface area contributed by atoms with Crippen LogP contribution in [0.4, 0.5) is 5.69 Å². The maximum Gasteiger partial charge on any atom is 0.251 e. The highest BCUT2D eigenvalue weighted by atomic mass is 79.9. The Bertz CT molecular complexity index is 1260. The van der Waals surface area contributed by atoms with Crippen LogP contribution in [0, 0.1) is 19.8 Å². The van der Waals surface area contributed by atoms with Crippen LogP contribution in [0.2, 0.25) is 10.0 Å². The van der Waals surface area contributed by atoms with Crippen LogP contribution in [0.15, 0.2) is 40.0 Å². The molecule has 186 valence electrons. The van der Waals surface area contributed by atoms with Crippen LogP contribution in [0.25, 0.3) is 0 Å². The smallest absolute Gasteiger partial charge is 0.251 e. The first-order valence-corrected chi connectivity index (χ1v) is 13.4. The Morgan fingerprint density at radius 1 is 1.09 bits per heavy atom. The van der Waals surface area contributed by atoms with Crippen LogP contribution >= 0.6 is 50.9 Å². The molecule has 0 spiro atoms. The molecule has 0 saturated carbocycles. The molecule has 1 atom stereocenters. The number of rotatable bonds is 8. The van der Waals surface area contributed by atoms with E-state index in [-0.39, 0.29) is 23.5 Å². The molecule has 0 radical (unpaired) electrons. The van der Waals surface area contributed by atoms with Gasteiger partial charge in [-0.05, 0) is 61.2 Å². The lowest BCUT2D eigenvalue weighted by atomic mass is 10.0. The quantitative estimate of drug-likeness (QED) is 0.295. The third-order valence-electron chi connectivity index (χ3n) is 5.61. The first-order valence-electron chi connectivity index (χ1n) is 10.8. The van der Waals surface area contributed by atoms with Crippen molar-refractivity contribution in [1.29, 1.82) is 0 Å². The molecular formula is C24H26BrCl2N5O2S. The van der Waals surface area contributed by atoms with Crippen molar-refractivity contribution in [3.05, 3.63) is 67.4 Å². The van der Waals surface area contributed by atoms with E-state index in [4.69, 9.17) is 23.2 Å². The van der Waals surface area contributed by atoms with Crippen molar-refractivity contribution in [3.8, 4) is 0 Å². The van der Waals surface area contributed by atoms with Gasteiger partial charge in [0.25, 0.3) is 5.91 Å². The number of carbonyl (C=O) groups is 2. The van der Waals surface area contributed by atoms with Gasteiger partial charge in [0, 0.05) is 22.8 Å². The average Bonchev–Trinajstić information content (AvgIpc) is 3.17. The van der Waals surface area contributed by atoms with Gasteiger partial charge in [-0.15, -0.1) is 10.2 Å². The summed E-state index contributed by atoms with van der Waals surface area (Å²) in [5.74, 6) is 0.365. The van der Waals surface area contributed by atoms with Gasteiger partial charge < -0.3 is 15.2 Å². The van der Waals surface area contributed by atoms with Crippen LogP contribution in [0.3, 0.4) is 0 Å². The zero-order valence-electron chi connectivity index (χ0n) is 19.9. The van der Waals surface area contributed by atoms with Crippen molar-refractivity contribution in [2.24, 2.45) is 13.0 Å². The number of thioether (sulfide) groups is 1. The Balaban J connectivity index is 1.69. The predicted octanol–water partition coefficient (Wildman–Crippen LogP) is 6.36. The first-order chi connectivity index (χ1) is 16.5. The third-order valence-corrected chi connectivity index (χ3v) is 8.23. The number of aromatic nitrogens is 3. The fraction of sp³-hybridized carbons (Fsp3) is 0.333. The second kappa shape index (κ2) is 11.8. The summed E-state index contributed by atoms with van der Waals surface area (Å²) in [5, 5.41) is 15.8. The third kappa shape index (κ3) is 6.58. The van der Waals surface area contributed by atoms with E-state index in [1.807, 2.05) is 46.9 Å². The number of amides is 2. The standard InChI is InChI=1S/C24H26BrCl2N5O2S/c1-12(2)21(29-23(34)15-6-8-17(26)18(27)10-15)22-30-31-24(32(22)5)35-11-20(33)28-19-9-7-16(25)13(3)14(19)4/h6-10,12,21H,11H2,1-5H3,(H,28,33)(H,29,34)/t21-/m1/s1. The Hall–Kier alpha value is -2.07. The Labute approximate surface area is 227 Å². The highest BCUT2D eigenvalue weighted by molar-refractivity contribution is 9.10. The summed E-state index contributed by atoms with van der Waals surface area (Å²) in [6.07, 6.45) is 0. The molecule has 2 aromatic carbocycles. The van der Waals surface area contributed by atoms with E-state index in [9.17, 15) is 9.59 Å². The minimum atomic E-state index is -0.397. The molecule has 0 unspecified atom stereocenters. The zero-order chi connectivity index (χ0) is 25.9. The lowest BCUT2D eigenvalue weighted by molar-refractivity contribution is -0.113. The van der Waals surface area contributed by atoms with E-state index in [2.05, 4.69) is 36.8 Å². The number of anilines is 1. The summed E-state index contributed by atoms with van der Waals surface area (Å²) >= 11 is 16.8. The van der Waals surface area contributed by atoms with E-state index >= 15 is 0 Å². The summed E-state index contributed by atoms with van der Waals surface area (Å²) in [6, 6.07) is 8.12. The summed E-state index contributed by atoms with van der Waals surface area (Å²) in [7, 11) is 1.82. The van der Waals surface area contributed by atoms with Crippen molar-refractivity contribution in [1.82, 2.24) is 20.1 Å². The van der Waals surface area contributed by atoms with E-state index in [1.165, 1.54) is 17.8 Å². The molecule has 0 fully saturated rings. The van der Waals surface area contributed by atoms with Crippen molar-refractivity contribution in [2.75, 3.05) is 11.1 Å². The lowest BCUT2D eigenvalue weighted by Gasteiger charge is -2.22. The van der Waals surface area contributed by atoms with Crippen molar-refractivity contribution in [2.45, 2.75) is 38.9 Å². The number of halogens is 3. The number of nitrogens with zero attached hydrogens (tertiary/aromatic N) is 3. The van der Waals surface area contributed by atoms with Gasteiger partial charge in [0.1, 0.15) is 0 Å². The van der Waals surface area contributed by atoms with E-state index in [0.717, 1.165) is 21.3 Å². The highest BCUT2D eigenvalue weighted by Crippen LogP contribution is 2.28. The number of hydrogen-bond acceptors (Lipinski definition) is 5. The highest BCUT2D eigenvalue weighted by Gasteiger charge is 2.25. The van der Waals surface area contributed by atoms with Crippen LogP contribution in [-0.2, 0) is 11.8 Å². The van der Waals surface area contributed by atoms with Crippen LogP contribution in [0.1, 0.15) is 47.2 Å². The molecule has 3 aromatic rings. The number of nitrogens with one attached hydrogen (secondary N) is 2. The molecule has 7 nitrogen and oxygen atoms in total. The fourth-order valence-corrected chi connectivity index (χ4v) is 4.80. The Kier molecular flexibility index (Phi) is 9.26. The summed E-state index contributed by atoms with van der Waals surface area (Å²) in [4.78, 5) is 25.4. The number of hydrogen-bond donors (Lipinski definition) is 2. The largest absolute Gasteiger partial charge is 0.342 e. The van der Waals surface area contributed by atoms with Gasteiger partial charge >= 0.3 is 0 Å². The van der Waals surface area contributed by atoms with E-state index < -0.39 is 6.04 Å². The molecule has 11 heteroatoms. The number of benzene rings is 2. The van der Waals surface area contributed by atoms with Gasteiger partial charge in [-0.25, -0.2) is 0 Å². The molecule has 0 aliphatic heterocycles. The van der Waals surface area contributed by atoms with Gasteiger partial charge in [0.2, 0.25) is 5.91 Å². The second-order valence-corrected chi connectivity index (χ2v) is 11.0. The molecule has 1 aromatic heterocycles. The number of carbonyl (C=O) groups excluding carboxylic acids is 2. The monoisotopic (exact) mass is 597 g/mol. The molecule has 35 heavy (non-hydrogen) atoms. The maximum absolute atomic E-state index is 12.8. The molecule has 1 heterocycles. The van der Waals surface area contributed by atoms with Gasteiger partial charge in [0.15, 0.2) is 11.0 Å². The van der Waals surface area contributed by atoms with Crippen LogP contribution in [0.5, 0.6) is 0 Å². The topological polar surface area (TPSA) is 88.9 Å². The van der Waals surface area contributed by atoms with Crippen LogP contribution < -0.4 is 10.6 Å². The SMILES string of the molecule is Cc1c(Br)ccc(NC(=O)CSc2nnc([C@H](NC(=O)c3ccc(Cl)c(Cl)c3)C(C)C)n2C)c1C. The molecule has 0 saturated heterocycles. The molecular weight excluding hydrogens is 573 g/mol. The Morgan fingerprint density at radius 2 is 1.80 bits per heavy atom. The minimum absolute atomic E-state index is 0.0365. The maximum atomic E-state index is 12.8. The van der Waals surface area contributed by atoms with Crippen molar-refractivity contribution < 1.29 is 9.59 Å². The second-order valence-electron chi connectivity index (χ2n) is 8.41.